The zero-order valence-corrected chi connectivity index (χ0v) is 7.91. The Bertz CT molecular complexity index is 217. The van der Waals surface area contributed by atoms with Gasteiger partial charge >= 0.3 is 0 Å². The zero-order chi connectivity index (χ0) is 9.10. The molecule has 0 unspecified atom stereocenters. The molecule has 3 nitrogen and oxygen atoms in total. The van der Waals surface area contributed by atoms with Gasteiger partial charge in [0.05, 0.1) is 12.5 Å². The maximum atomic E-state index is 11.4. The summed E-state index contributed by atoms with van der Waals surface area (Å²) in [6, 6.07) is 0.397. The average molecular weight is 180 g/mol. The first kappa shape index (κ1) is 8.73. The Morgan fingerprint density at radius 1 is 1.23 bits per heavy atom. The summed E-state index contributed by atoms with van der Waals surface area (Å²) in [4.78, 5) is 11.4. The van der Waals surface area contributed by atoms with E-state index < -0.39 is 0 Å². The van der Waals surface area contributed by atoms with E-state index in [-0.39, 0.29) is 5.91 Å². The van der Waals surface area contributed by atoms with Crippen LogP contribution < -0.4 is 0 Å². The Balaban J connectivity index is 1.97. The van der Waals surface area contributed by atoms with E-state index >= 15 is 0 Å². The molecular weight excluding hydrogens is 164 g/mol. The molecule has 13 heavy (non-hydrogen) atoms. The lowest BCUT2D eigenvalue weighted by molar-refractivity contribution is -0.131. The minimum atomic E-state index is 0.187. The maximum absolute atomic E-state index is 11.4. The van der Waals surface area contributed by atoms with Gasteiger partial charge in [-0.25, -0.2) is 5.01 Å². The molecule has 1 fully saturated rings. The van der Waals surface area contributed by atoms with Crippen LogP contribution in [0.4, 0.5) is 0 Å². The lowest BCUT2D eigenvalue weighted by Crippen LogP contribution is -2.32. The Kier molecular flexibility index (Phi) is 2.62. The van der Waals surface area contributed by atoms with E-state index in [0.29, 0.717) is 12.5 Å². The second-order valence-corrected chi connectivity index (χ2v) is 3.89. The van der Waals surface area contributed by atoms with Gasteiger partial charge in [-0.3, -0.25) is 4.79 Å². The molecule has 1 amide bonds. The predicted octanol–water partition coefficient (Wildman–Crippen LogP) is 1.93. The molecule has 0 spiro atoms. The molecule has 0 aromatic heterocycles. The first-order chi connectivity index (χ1) is 6.38. The number of amides is 1. The van der Waals surface area contributed by atoms with E-state index in [2.05, 4.69) is 5.10 Å². The van der Waals surface area contributed by atoms with Crippen molar-refractivity contribution in [2.45, 2.75) is 51.0 Å². The van der Waals surface area contributed by atoms with Gasteiger partial charge in [0, 0.05) is 6.21 Å². The third-order valence-corrected chi connectivity index (χ3v) is 2.90. The molecule has 1 saturated carbocycles. The number of rotatable bonds is 1. The Labute approximate surface area is 78.8 Å². The number of nitrogens with zero attached hydrogens (tertiary/aromatic N) is 2. The van der Waals surface area contributed by atoms with E-state index in [1.807, 2.05) is 0 Å². The second-order valence-electron chi connectivity index (χ2n) is 3.89. The molecular formula is C10H16N2O. The number of hydrogen-bond acceptors (Lipinski definition) is 2. The Hall–Kier alpha value is -0.860. The Morgan fingerprint density at radius 2 is 1.92 bits per heavy atom. The highest BCUT2D eigenvalue weighted by Gasteiger charge is 2.26. The summed E-state index contributed by atoms with van der Waals surface area (Å²) in [6.45, 7) is 0. The van der Waals surface area contributed by atoms with Gasteiger partial charge in [0.2, 0.25) is 5.91 Å². The minimum absolute atomic E-state index is 0.187. The molecule has 0 bridgehead atoms. The topological polar surface area (TPSA) is 32.7 Å². The number of hydrogen-bond donors (Lipinski definition) is 0. The van der Waals surface area contributed by atoms with E-state index in [1.54, 1.807) is 11.2 Å². The van der Waals surface area contributed by atoms with Crippen molar-refractivity contribution in [3.8, 4) is 0 Å². The molecule has 0 N–H and O–H groups in total. The molecule has 0 aromatic carbocycles. The van der Waals surface area contributed by atoms with Crippen LogP contribution in [0.25, 0.3) is 0 Å². The Morgan fingerprint density at radius 3 is 2.46 bits per heavy atom. The quantitative estimate of drug-likeness (QED) is 0.567. The van der Waals surface area contributed by atoms with E-state index in [9.17, 15) is 4.79 Å². The number of hydrazone groups is 1. The summed E-state index contributed by atoms with van der Waals surface area (Å²) < 4.78 is 0. The molecule has 0 radical (unpaired) electrons. The smallest absolute Gasteiger partial charge is 0.248 e. The van der Waals surface area contributed by atoms with Gasteiger partial charge in [-0.2, -0.15) is 5.10 Å². The van der Waals surface area contributed by atoms with Crippen LogP contribution in [0.15, 0.2) is 5.10 Å². The van der Waals surface area contributed by atoms with Crippen LogP contribution in [-0.2, 0) is 4.79 Å². The fraction of sp³-hybridized carbons (Fsp3) is 0.800. The average Bonchev–Trinajstić information content (AvgIpc) is 2.43. The summed E-state index contributed by atoms with van der Waals surface area (Å²) in [7, 11) is 0. The fourth-order valence-electron chi connectivity index (χ4n) is 2.17. The highest BCUT2D eigenvalue weighted by Crippen LogP contribution is 2.23. The van der Waals surface area contributed by atoms with Crippen molar-refractivity contribution < 1.29 is 4.79 Å². The summed E-state index contributed by atoms with van der Waals surface area (Å²) in [5.74, 6) is 0.187. The second kappa shape index (κ2) is 3.90. The van der Waals surface area contributed by atoms with Crippen molar-refractivity contribution in [3.63, 3.8) is 0 Å². The normalized spacial score (nSPS) is 25.2. The fourth-order valence-corrected chi connectivity index (χ4v) is 2.17. The molecule has 72 valence electrons. The van der Waals surface area contributed by atoms with Gasteiger partial charge < -0.3 is 0 Å². The first-order valence-corrected chi connectivity index (χ1v) is 5.22. The predicted molar refractivity (Wildman–Crippen MR) is 51.4 cm³/mol. The van der Waals surface area contributed by atoms with Gasteiger partial charge in [-0.05, 0) is 12.8 Å². The van der Waals surface area contributed by atoms with Gasteiger partial charge in [0.1, 0.15) is 0 Å². The molecule has 0 atom stereocenters. The van der Waals surface area contributed by atoms with Gasteiger partial charge in [-0.1, -0.05) is 25.7 Å². The first-order valence-electron chi connectivity index (χ1n) is 5.22. The van der Waals surface area contributed by atoms with Crippen molar-refractivity contribution in [2.75, 3.05) is 0 Å². The van der Waals surface area contributed by atoms with Crippen molar-refractivity contribution in [1.82, 2.24) is 5.01 Å². The minimum Gasteiger partial charge on any atom is -0.273 e. The van der Waals surface area contributed by atoms with Crippen LogP contribution in [0.2, 0.25) is 0 Å². The van der Waals surface area contributed by atoms with Crippen molar-refractivity contribution in [3.05, 3.63) is 0 Å². The molecule has 2 rings (SSSR count). The summed E-state index contributed by atoms with van der Waals surface area (Å²) in [5.41, 5.74) is 0. The van der Waals surface area contributed by atoms with Crippen molar-refractivity contribution >= 4 is 12.1 Å². The summed E-state index contributed by atoms with van der Waals surface area (Å²) >= 11 is 0. The lowest BCUT2D eigenvalue weighted by Gasteiger charge is -2.22. The van der Waals surface area contributed by atoms with Crippen LogP contribution in [-0.4, -0.2) is 23.2 Å². The third-order valence-electron chi connectivity index (χ3n) is 2.90. The molecule has 0 aromatic rings. The monoisotopic (exact) mass is 180 g/mol. The van der Waals surface area contributed by atoms with Crippen LogP contribution in [0.3, 0.4) is 0 Å². The number of carbonyl (C=O) groups excluding carboxylic acids is 1. The third kappa shape index (κ3) is 1.90. The van der Waals surface area contributed by atoms with E-state index in [4.69, 9.17) is 0 Å². The van der Waals surface area contributed by atoms with Crippen LogP contribution in [0.5, 0.6) is 0 Å². The highest BCUT2D eigenvalue weighted by atomic mass is 16.2. The van der Waals surface area contributed by atoms with Gasteiger partial charge in [0.15, 0.2) is 0 Å². The summed E-state index contributed by atoms with van der Waals surface area (Å²) in [6.07, 6.45) is 9.67. The van der Waals surface area contributed by atoms with Crippen molar-refractivity contribution in [1.29, 1.82) is 0 Å². The number of carbonyl (C=O) groups is 1. The largest absolute Gasteiger partial charge is 0.273 e. The van der Waals surface area contributed by atoms with Crippen molar-refractivity contribution in [2.24, 2.45) is 5.10 Å². The van der Waals surface area contributed by atoms with E-state index in [1.165, 1.54) is 25.7 Å². The molecule has 2 aliphatic rings. The van der Waals surface area contributed by atoms with Gasteiger partial charge in [-0.15, -0.1) is 0 Å². The molecule has 1 aliphatic heterocycles. The molecule has 1 heterocycles. The van der Waals surface area contributed by atoms with Crippen LogP contribution >= 0.6 is 0 Å². The van der Waals surface area contributed by atoms with Gasteiger partial charge in [0.25, 0.3) is 0 Å². The molecule has 0 saturated heterocycles. The maximum Gasteiger partial charge on any atom is 0.248 e. The standard InChI is InChI=1S/C10H16N2O/c13-10-7-8-11-12(10)9-5-3-1-2-4-6-9/h8-9H,1-7H2. The van der Waals surface area contributed by atoms with Crippen LogP contribution in [0, 0.1) is 0 Å². The lowest BCUT2D eigenvalue weighted by atomic mass is 10.1. The van der Waals surface area contributed by atoms with E-state index in [0.717, 1.165) is 12.8 Å². The molecule has 1 aliphatic carbocycles. The molecule has 3 heteroatoms. The summed E-state index contributed by atoms with van der Waals surface area (Å²) in [5, 5.41) is 5.85. The zero-order valence-electron chi connectivity index (χ0n) is 7.91. The SMILES string of the molecule is O=C1CC=NN1C1CCCCCC1. The van der Waals surface area contributed by atoms with Crippen LogP contribution in [0.1, 0.15) is 44.9 Å². The highest BCUT2D eigenvalue weighted by molar-refractivity contribution is 5.93.